The number of nitrogens with one attached hydrogen (secondary N) is 4. The number of sulfonamides is 1. The van der Waals surface area contributed by atoms with Gasteiger partial charge in [-0.2, -0.15) is 4.72 Å². The number of imidazole rings is 1. The maximum Gasteiger partial charge on any atom is 0.345 e. The molecule has 0 saturated carbocycles. The molecule has 1 aliphatic heterocycles. The van der Waals surface area contributed by atoms with E-state index in [0.717, 1.165) is 44.2 Å². The van der Waals surface area contributed by atoms with Gasteiger partial charge in [-0.3, -0.25) is 4.79 Å². The van der Waals surface area contributed by atoms with E-state index in [-0.39, 0.29) is 23.1 Å². The van der Waals surface area contributed by atoms with E-state index in [1.54, 1.807) is 6.07 Å². The summed E-state index contributed by atoms with van der Waals surface area (Å²) >= 11 is 0. The molecule has 200 valence electrons. The van der Waals surface area contributed by atoms with Gasteiger partial charge in [0.25, 0.3) is 5.91 Å². The Labute approximate surface area is 215 Å². The number of unbranched alkanes of at least 4 members (excludes halogenated alkanes) is 1. The summed E-state index contributed by atoms with van der Waals surface area (Å²) in [6.45, 7) is 1.97. The number of hydrogen-bond donors (Lipinski definition) is 5. The number of fused-ring (bicyclic) bond motifs is 1. The predicted molar refractivity (Wildman–Crippen MR) is 135 cm³/mol. The van der Waals surface area contributed by atoms with Crippen molar-refractivity contribution < 1.29 is 28.0 Å². The molecular formula is C24H32N6O6S. The predicted octanol–water partition coefficient (Wildman–Crippen LogP) is 1.77. The van der Waals surface area contributed by atoms with Crippen LogP contribution < -0.4 is 15.4 Å². The molecule has 5 N–H and O–H groups in total. The zero-order valence-corrected chi connectivity index (χ0v) is 21.4. The molecule has 1 aliphatic carbocycles. The molecule has 2 aliphatic rings. The van der Waals surface area contributed by atoms with Crippen molar-refractivity contribution in [2.24, 2.45) is 11.1 Å². The molecule has 0 saturated heterocycles. The topological polar surface area (TPSA) is 175 Å². The van der Waals surface area contributed by atoms with E-state index in [2.05, 4.69) is 30.5 Å². The highest BCUT2D eigenvalue weighted by Crippen LogP contribution is 2.21. The minimum atomic E-state index is -4.22. The van der Waals surface area contributed by atoms with Gasteiger partial charge >= 0.3 is 5.97 Å². The first-order valence-corrected chi connectivity index (χ1v) is 13.8. The van der Waals surface area contributed by atoms with Crippen LogP contribution in [0.1, 0.15) is 50.4 Å². The van der Waals surface area contributed by atoms with Gasteiger partial charge < -0.3 is 25.6 Å². The highest BCUT2D eigenvalue weighted by atomic mass is 32.2. The van der Waals surface area contributed by atoms with Gasteiger partial charge in [-0.05, 0) is 57.6 Å². The summed E-state index contributed by atoms with van der Waals surface area (Å²) in [6.07, 6.45) is 6.58. The van der Waals surface area contributed by atoms with Crippen molar-refractivity contribution in [1.29, 1.82) is 0 Å². The lowest BCUT2D eigenvalue weighted by Gasteiger charge is -2.27. The van der Waals surface area contributed by atoms with Gasteiger partial charge in [0.1, 0.15) is 6.61 Å². The number of benzene rings is 1. The van der Waals surface area contributed by atoms with E-state index in [9.17, 15) is 23.1 Å². The van der Waals surface area contributed by atoms with Crippen LogP contribution in [0.15, 0.2) is 40.4 Å². The van der Waals surface area contributed by atoms with Crippen molar-refractivity contribution in [1.82, 2.24) is 20.0 Å². The van der Waals surface area contributed by atoms with Gasteiger partial charge in [-0.25, -0.2) is 18.2 Å². The van der Waals surface area contributed by atoms with Crippen LogP contribution in [0, 0.1) is 5.92 Å². The van der Waals surface area contributed by atoms with E-state index in [4.69, 9.17) is 4.84 Å². The molecule has 12 nitrogen and oxygen atoms in total. The lowest BCUT2D eigenvalue weighted by atomic mass is 9.97. The number of amides is 1. The fraction of sp³-hybridized carbons (Fsp3) is 0.500. The Bertz CT molecular complexity index is 1240. The summed E-state index contributed by atoms with van der Waals surface area (Å²) in [5.41, 5.74) is 0.0948. The second-order valence-electron chi connectivity index (χ2n) is 9.41. The lowest BCUT2D eigenvalue weighted by molar-refractivity contribution is -0.146. The number of aliphatic carboxylic acids is 1. The molecule has 1 amide bonds. The molecule has 2 unspecified atom stereocenters. The number of anilines is 1. The Balaban J connectivity index is 1.28. The minimum Gasteiger partial charge on any atom is -0.478 e. The van der Waals surface area contributed by atoms with Crippen molar-refractivity contribution in [3.8, 4) is 0 Å². The number of nitrogens with zero attached hydrogens (tertiary/aromatic N) is 2. The number of carbonyl (C=O) groups excluding carboxylic acids is 1. The summed E-state index contributed by atoms with van der Waals surface area (Å²) in [5, 5.41) is 19.1. The van der Waals surface area contributed by atoms with E-state index >= 15 is 0 Å². The number of carboxylic acids is 1. The Morgan fingerprint density at radius 3 is 2.68 bits per heavy atom. The maximum absolute atomic E-state index is 12.9. The summed E-state index contributed by atoms with van der Waals surface area (Å²) in [6, 6.07) is 7.31. The van der Waals surface area contributed by atoms with Crippen LogP contribution >= 0.6 is 0 Å². The number of oxime groups is 1. The highest BCUT2D eigenvalue weighted by Gasteiger charge is 2.42. The quantitative estimate of drug-likeness (QED) is 0.203. The maximum atomic E-state index is 12.9. The van der Waals surface area contributed by atoms with Crippen LogP contribution in [-0.4, -0.2) is 59.9 Å². The fourth-order valence-corrected chi connectivity index (χ4v) is 5.71. The van der Waals surface area contributed by atoms with Crippen LogP contribution in [-0.2, 0) is 37.3 Å². The molecule has 0 bridgehead atoms. The van der Waals surface area contributed by atoms with Gasteiger partial charge in [0.2, 0.25) is 21.6 Å². The second kappa shape index (κ2) is 11.3. The Kier molecular flexibility index (Phi) is 8.13. The molecule has 0 spiro atoms. The normalized spacial score (nSPS) is 18.7. The molecule has 0 radical (unpaired) electrons. The van der Waals surface area contributed by atoms with Crippen LogP contribution in [0.5, 0.6) is 0 Å². The standard InChI is InChI=1S/C24H32N6O6S/c1-24(22(32)33,30-37(34,35)17-10-3-2-4-11-17)28-21(31)20-16(15-36-29-20)9-7-8-14-25-23-26-18-12-5-6-13-19(18)27-23/h2-4,10-11,16,30H,5-9,12-15H2,1H3,(H,28,31)(H,32,33)(H2,25,26,27). The first-order valence-electron chi connectivity index (χ1n) is 12.3. The average molecular weight is 533 g/mol. The van der Waals surface area contributed by atoms with Crippen LogP contribution in [0.4, 0.5) is 5.95 Å². The average Bonchev–Trinajstić information content (AvgIpc) is 3.50. The molecule has 2 atom stereocenters. The molecule has 1 aromatic heterocycles. The molecule has 1 aromatic carbocycles. The number of carboxylic acid groups (broad SMARTS) is 1. The summed E-state index contributed by atoms with van der Waals surface area (Å²) in [7, 11) is -4.22. The van der Waals surface area contributed by atoms with E-state index in [1.165, 1.54) is 42.8 Å². The number of carbonyl (C=O) groups is 2. The second-order valence-corrected chi connectivity index (χ2v) is 11.1. The third kappa shape index (κ3) is 6.46. The molecule has 0 fully saturated rings. The smallest absolute Gasteiger partial charge is 0.345 e. The monoisotopic (exact) mass is 532 g/mol. The van der Waals surface area contributed by atoms with Crippen LogP contribution in [0.25, 0.3) is 0 Å². The van der Waals surface area contributed by atoms with Crippen molar-refractivity contribution in [3.05, 3.63) is 41.7 Å². The third-order valence-electron chi connectivity index (χ3n) is 6.47. The summed E-state index contributed by atoms with van der Waals surface area (Å²) in [4.78, 5) is 37.8. The molecule has 13 heteroatoms. The van der Waals surface area contributed by atoms with Crippen LogP contribution in [0.3, 0.4) is 0 Å². The Morgan fingerprint density at radius 1 is 1.19 bits per heavy atom. The molecule has 37 heavy (non-hydrogen) atoms. The van der Waals surface area contributed by atoms with Crippen molar-refractivity contribution in [2.45, 2.75) is 62.4 Å². The zero-order chi connectivity index (χ0) is 26.5. The van der Waals surface area contributed by atoms with E-state index in [0.29, 0.717) is 13.0 Å². The Hall–Kier alpha value is -3.45. The summed E-state index contributed by atoms with van der Waals surface area (Å²) in [5.74, 6) is -1.92. The zero-order valence-electron chi connectivity index (χ0n) is 20.6. The number of hydrogen-bond acceptors (Lipinski definition) is 8. The van der Waals surface area contributed by atoms with E-state index in [1.807, 2.05) is 0 Å². The number of H-pyrrole nitrogens is 1. The highest BCUT2D eigenvalue weighted by molar-refractivity contribution is 7.89. The number of aryl methyl sites for hydroxylation is 2. The molecular weight excluding hydrogens is 500 g/mol. The fourth-order valence-electron chi connectivity index (χ4n) is 4.40. The van der Waals surface area contributed by atoms with Crippen molar-refractivity contribution >= 4 is 33.6 Å². The first kappa shape index (κ1) is 26.6. The molecule has 2 aromatic rings. The third-order valence-corrected chi connectivity index (χ3v) is 8.04. The van der Waals surface area contributed by atoms with Gasteiger partial charge in [-0.1, -0.05) is 29.8 Å². The lowest BCUT2D eigenvalue weighted by Crippen LogP contribution is -2.64. The van der Waals surface area contributed by atoms with Gasteiger partial charge in [0, 0.05) is 18.2 Å². The number of rotatable bonds is 12. The SMILES string of the molecule is CC(NC(=O)C1=NOCC1CCCCNc1nc2c([nH]1)CCCC2)(NS(=O)(=O)c1ccccc1)C(=O)O. The van der Waals surface area contributed by atoms with E-state index < -0.39 is 27.6 Å². The van der Waals surface area contributed by atoms with Crippen LogP contribution in [0.2, 0.25) is 0 Å². The molecule has 4 rings (SSSR count). The number of aromatic amines is 1. The van der Waals surface area contributed by atoms with Crippen molar-refractivity contribution in [2.75, 3.05) is 18.5 Å². The molecule has 2 heterocycles. The van der Waals surface area contributed by atoms with Gasteiger partial charge in [0.15, 0.2) is 5.71 Å². The largest absolute Gasteiger partial charge is 0.478 e. The number of aromatic nitrogens is 2. The first-order chi connectivity index (χ1) is 17.7. The Morgan fingerprint density at radius 2 is 1.95 bits per heavy atom. The summed E-state index contributed by atoms with van der Waals surface area (Å²) < 4.78 is 27.5. The van der Waals surface area contributed by atoms with Crippen molar-refractivity contribution in [3.63, 3.8) is 0 Å². The van der Waals surface area contributed by atoms with Gasteiger partial charge in [0.05, 0.1) is 10.6 Å². The van der Waals surface area contributed by atoms with Gasteiger partial charge in [-0.15, -0.1) is 0 Å². The minimum absolute atomic E-state index is 0.0399.